The van der Waals surface area contributed by atoms with Crippen molar-refractivity contribution in [2.24, 2.45) is 11.3 Å². The second-order valence-electron chi connectivity index (χ2n) is 7.58. The predicted molar refractivity (Wildman–Crippen MR) is 89.2 cm³/mol. The van der Waals surface area contributed by atoms with Crippen molar-refractivity contribution in [2.45, 2.75) is 32.2 Å². The maximum Gasteiger partial charge on any atom is 0.356 e. The standard InChI is InChI=1S/C19H19N3O3/c1-19(13-8-10-4-2-3-5-11(10)15(13)19)18(25)22-7-6-14-12(9-22)16(17(23)24)21-20-14/h2-5,13,15H,6-9H2,1H3,(H,20,21)(H,23,24). The van der Waals surface area contributed by atoms with Crippen LogP contribution in [0.5, 0.6) is 0 Å². The predicted octanol–water partition coefficient (Wildman–Crippen LogP) is 1.97. The number of nitrogens with zero attached hydrogens (tertiary/aromatic N) is 2. The molecule has 5 rings (SSSR count). The second-order valence-corrected chi connectivity index (χ2v) is 7.58. The van der Waals surface area contributed by atoms with Crippen molar-refractivity contribution in [1.82, 2.24) is 15.1 Å². The maximum absolute atomic E-state index is 13.3. The second kappa shape index (κ2) is 4.71. The molecule has 1 aliphatic heterocycles. The van der Waals surface area contributed by atoms with Crippen molar-refractivity contribution in [3.63, 3.8) is 0 Å². The van der Waals surface area contributed by atoms with Crippen LogP contribution in [0.1, 0.15) is 45.7 Å². The van der Waals surface area contributed by atoms with Gasteiger partial charge in [0, 0.05) is 36.7 Å². The van der Waals surface area contributed by atoms with E-state index in [1.54, 1.807) is 0 Å². The van der Waals surface area contributed by atoms with Crippen molar-refractivity contribution >= 4 is 11.9 Å². The number of aromatic nitrogens is 2. The molecular weight excluding hydrogens is 318 g/mol. The molecule has 1 saturated carbocycles. The first-order valence-corrected chi connectivity index (χ1v) is 8.68. The summed E-state index contributed by atoms with van der Waals surface area (Å²) in [4.78, 5) is 26.4. The number of carboxylic acids is 1. The zero-order valence-electron chi connectivity index (χ0n) is 14.0. The van der Waals surface area contributed by atoms with Crippen molar-refractivity contribution in [3.8, 4) is 0 Å². The number of aromatic amines is 1. The van der Waals surface area contributed by atoms with Gasteiger partial charge in [0.05, 0.1) is 5.41 Å². The third-order valence-corrected chi connectivity index (χ3v) is 6.42. The smallest absolute Gasteiger partial charge is 0.356 e. The van der Waals surface area contributed by atoms with Crippen LogP contribution in [0.2, 0.25) is 0 Å². The molecule has 2 aromatic rings. The summed E-state index contributed by atoms with van der Waals surface area (Å²) in [6.45, 7) is 3.02. The average Bonchev–Trinajstić information content (AvgIpc) is 2.98. The van der Waals surface area contributed by atoms with Gasteiger partial charge >= 0.3 is 5.97 Å². The molecule has 3 aliphatic rings. The molecule has 1 aromatic carbocycles. The van der Waals surface area contributed by atoms with E-state index in [-0.39, 0.29) is 17.0 Å². The lowest BCUT2D eigenvalue weighted by Crippen LogP contribution is -2.41. The number of hydrogen-bond donors (Lipinski definition) is 2. The van der Waals surface area contributed by atoms with Crippen LogP contribution in [0, 0.1) is 11.3 Å². The lowest BCUT2D eigenvalue weighted by molar-refractivity contribution is -0.138. The number of carboxylic acid groups (broad SMARTS) is 1. The Kier molecular flexibility index (Phi) is 2.77. The highest BCUT2D eigenvalue weighted by Gasteiger charge is 2.69. The van der Waals surface area contributed by atoms with Crippen LogP contribution in [0.3, 0.4) is 0 Å². The summed E-state index contributed by atoms with van der Waals surface area (Å²) < 4.78 is 0. The van der Waals surface area contributed by atoms with E-state index in [2.05, 4.69) is 35.3 Å². The van der Waals surface area contributed by atoms with E-state index < -0.39 is 5.97 Å². The Morgan fingerprint density at radius 2 is 2.16 bits per heavy atom. The SMILES string of the molecule is CC1(C(=O)N2CCc3[nH]nc(C(=O)O)c3C2)C2Cc3ccccc3C21. The molecule has 1 aromatic heterocycles. The molecular formula is C19H19N3O3. The van der Waals surface area contributed by atoms with Crippen molar-refractivity contribution in [1.29, 1.82) is 0 Å². The van der Waals surface area contributed by atoms with Gasteiger partial charge in [-0.3, -0.25) is 9.89 Å². The lowest BCUT2D eigenvalue weighted by Gasteiger charge is -2.31. The van der Waals surface area contributed by atoms with Gasteiger partial charge in [0.25, 0.3) is 0 Å². The summed E-state index contributed by atoms with van der Waals surface area (Å²) in [5.74, 6) is -0.210. The Labute approximate surface area is 144 Å². The Balaban J connectivity index is 1.42. The number of fused-ring (bicyclic) bond motifs is 4. The van der Waals surface area contributed by atoms with Crippen molar-refractivity contribution in [3.05, 3.63) is 52.3 Å². The summed E-state index contributed by atoms with van der Waals surface area (Å²) in [7, 11) is 0. The molecule has 3 unspecified atom stereocenters. The number of carbonyl (C=O) groups excluding carboxylic acids is 1. The van der Waals surface area contributed by atoms with Crippen molar-refractivity contribution in [2.75, 3.05) is 6.54 Å². The van der Waals surface area contributed by atoms with Gasteiger partial charge < -0.3 is 10.0 Å². The van der Waals surface area contributed by atoms with Crippen LogP contribution in [-0.2, 0) is 24.2 Å². The third kappa shape index (κ3) is 1.82. The van der Waals surface area contributed by atoms with Gasteiger partial charge in [-0.15, -0.1) is 0 Å². The van der Waals surface area contributed by atoms with E-state index in [0.29, 0.717) is 36.9 Å². The van der Waals surface area contributed by atoms with Gasteiger partial charge in [-0.2, -0.15) is 5.10 Å². The molecule has 2 N–H and O–H groups in total. The molecule has 6 nitrogen and oxygen atoms in total. The first kappa shape index (κ1) is 14.7. The number of H-pyrrole nitrogens is 1. The van der Waals surface area contributed by atoms with E-state index >= 15 is 0 Å². The first-order chi connectivity index (χ1) is 12.0. The number of benzene rings is 1. The number of nitrogens with one attached hydrogen (secondary N) is 1. The third-order valence-electron chi connectivity index (χ3n) is 6.42. The van der Waals surface area contributed by atoms with E-state index in [4.69, 9.17) is 0 Å². The molecule has 25 heavy (non-hydrogen) atoms. The summed E-state index contributed by atoms with van der Waals surface area (Å²) in [6, 6.07) is 8.40. The van der Waals surface area contributed by atoms with Gasteiger partial charge in [0.15, 0.2) is 5.69 Å². The fraction of sp³-hybridized carbons (Fsp3) is 0.421. The molecule has 2 heterocycles. The lowest BCUT2D eigenvalue weighted by atomic mass is 9.91. The number of hydrogen-bond acceptors (Lipinski definition) is 3. The summed E-state index contributed by atoms with van der Waals surface area (Å²) in [5.41, 5.74) is 3.87. The minimum absolute atomic E-state index is 0.0407. The van der Waals surface area contributed by atoms with Gasteiger partial charge in [-0.05, 0) is 30.4 Å². The van der Waals surface area contributed by atoms with E-state index in [1.807, 2.05) is 11.0 Å². The topological polar surface area (TPSA) is 86.3 Å². The molecule has 6 heteroatoms. The van der Waals surface area contributed by atoms with Crippen LogP contribution >= 0.6 is 0 Å². The molecule has 1 fully saturated rings. The quantitative estimate of drug-likeness (QED) is 0.877. The van der Waals surface area contributed by atoms with Crippen LogP contribution in [0.4, 0.5) is 0 Å². The summed E-state index contributed by atoms with van der Waals surface area (Å²) >= 11 is 0. The molecule has 1 amide bonds. The minimum atomic E-state index is -1.05. The van der Waals surface area contributed by atoms with Gasteiger partial charge in [-0.1, -0.05) is 24.3 Å². The van der Waals surface area contributed by atoms with Crippen LogP contribution in [0.25, 0.3) is 0 Å². The number of amides is 1. The Hall–Kier alpha value is -2.63. The Morgan fingerprint density at radius 1 is 1.36 bits per heavy atom. The van der Waals surface area contributed by atoms with Gasteiger partial charge in [-0.25, -0.2) is 4.79 Å². The monoisotopic (exact) mass is 337 g/mol. The molecule has 2 aliphatic carbocycles. The molecule has 0 bridgehead atoms. The van der Waals surface area contributed by atoms with Crippen LogP contribution < -0.4 is 0 Å². The normalized spacial score (nSPS) is 28.9. The molecule has 3 atom stereocenters. The first-order valence-electron chi connectivity index (χ1n) is 8.68. The molecule has 0 radical (unpaired) electrons. The zero-order chi connectivity index (χ0) is 17.3. The van der Waals surface area contributed by atoms with E-state index in [9.17, 15) is 14.7 Å². The van der Waals surface area contributed by atoms with Crippen LogP contribution in [-0.4, -0.2) is 38.6 Å². The summed E-state index contributed by atoms with van der Waals surface area (Å²) in [6.07, 6.45) is 1.59. The number of carbonyl (C=O) groups is 2. The minimum Gasteiger partial charge on any atom is -0.476 e. The Bertz CT molecular complexity index is 918. The molecule has 0 saturated heterocycles. The highest BCUT2D eigenvalue weighted by atomic mass is 16.4. The van der Waals surface area contributed by atoms with Gasteiger partial charge in [0.2, 0.25) is 5.91 Å². The Morgan fingerprint density at radius 3 is 2.96 bits per heavy atom. The van der Waals surface area contributed by atoms with Gasteiger partial charge in [0.1, 0.15) is 0 Å². The summed E-state index contributed by atoms with van der Waals surface area (Å²) in [5, 5.41) is 16.0. The zero-order valence-corrected chi connectivity index (χ0v) is 14.0. The average molecular weight is 337 g/mol. The van der Waals surface area contributed by atoms with Crippen LogP contribution in [0.15, 0.2) is 24.3 Å². The fourth-order valence-electron chi connectivity index (χ4n) is 5.01. The number of aromatic carboxylic acids is 1. The number of rotatable bonds is 2. The largest absolute Gasteiger partial charge is 0.476 e. The fourth-order valence-corrected chi connectivity index (χ4v) is 5.01. The highest BCUT2D eigenvalue weighted by molar-refractivity contribution is 5.90. The molecule has 0 spiro atoms. The van der Waals surface area contributed by atoms with E-state index in [0.717, 1.165) is 12.1 Å². The van der Waals surface area contributed by atoms with Crippen molar-refractivity contribution < 1.29 is 14.7 Å². The van der Waals surface area contributed by atoms with E-state index in [1.165, 1.54) is 11.1 Å². The molecule has 128 valence electrons. The highest BCUT2D eigenvalue weighted by Crippen LogP contribution is 2.70. The maximum atomic E-state index is 13.3.